The molecule has 0 spiro atoms. The predicted molar refractivity (Wildman–Crippen MR) is 151 cm³/mol. The third-order valence-electron chi connectivity index (χ3n) is 9.09. The highest BCUT2D eigenvalue weighted by molar-refractivity contribution is 5.95. The molecule has 1 aromatic heterocycles. The minimum atomic E-state index is -4.58. The first kappa shape index (κ1) is 30.3. The van der Waals surface area contributed by atoms with Gasteiger partial charge in [0.15, 0.2) is 5.72 Å². The van der Waals surface area contributed by atoms with Crippen LogP contribution in [0.1, 0.15) is 51.5 Å². The van der Waals surface area contributed by atoms with E-state index in [9.17, 15) is 22.8 Å². The summed E-state index contributed by atoms with van der Waals surface area (Å²) in [5.74, 6) is -1.09. The average molecular weight is 591 g/mol. The van der Waals surface area contributed by atoms with Gasteiger partial charge in [-0.1, -0.05) is 25.8 Å². The lowest BCUT2D eigenvalue weighted by Crippen LogP contribution is -2.61. The summed E-state index contributed by atoms with van der Waals surface area (Å²) in [5.41, 5.74) is -1.74. The van der Waals surface area contributed by atoms with Crippen LogP contribution in [0.3, 0.4) is 0 Å². The Hall–Kier alpha value is -3.12. The Kier molecular flexibility index (Phi) is 8.58. The first-order valence-corrected chi connectivity index (χ1v) is 14.9. The highest BCUT2D eigenvalue weighted by atomic mass is 19.4. The number of nitrogens with zero attached hydrogens (tertiary/aromatic N) is 4. The van der Waals surface area contributed by atoms with Gasteiger partial charge >= 0.3 is 6.18 Å². The Morgan fingerprint density at radius 2 is 1.90 bits per heavy atom. The maximum atomic E-state index is 14.2. The summed E-state index contributed by atoms with van der Waals surface area (Å²) >= 11 is 0. The fourth-order valence-electron chi connectivity index (χ4n) is 6.78. The standard InChI is InChI=1S/C30H41F3N6O3/c1-4-23-20-38(27(41)28(30(31,32)33)11-6-7-12-28)15-16-39(23)24-10-13-29(42-5-2,21-9-8-14-34-17-21)36-25(24)26(40)35-22-18-37(3)19-22/h8-10,13-14,17,22-23,36H,4-7,11-12,15-16,18-20H2,1-3H3,(H,35,40)/t23-,29?/m1/s1. The molecule has 3 fully saturated rings. The van der Waals surface area contributed by atoms with Crippen LogP contribution < -0.4 is 10.6 Å². The molecule has 1 saturated carbocycles. The van der Waals surface area contributed by atoms with Crippen LogP contribution in [0.5, 0.6) is 0 Å². The molecule has 2 N–H and O–H groups in total. The Bertz CT molecular complexity index is 1210. The van der Waals surface area contributed by atoms with Crippen LogP contribution in [0.15, 0.2) is 48.1 Å². The zero-order valence-corrected chi connectivity index (χ0v) is 24.5. The van der Waals surface area contributed by atoms with Crippen molar-refractivity contribution in [3.8, 4) is 0 Å². The van der Waals surface area contributed by atoms with Gasteiger partial charge in [0.2, 0.25) is 5.91 Å². The third-order valence-corrected chi connectivity index (χ3v) is 9.09. The molecule has 1 unspecified atom stereocenters. The van der Waals surface area contributed by atoms with Gasteiger partial charge in [-0.3, -0.25) is 14.6 Å². The second-order valence-corrected chi connectivity index (χ2v) is 11.8. The number of amides is 2. The van der Waals surface area contributed by atoms with E-state index >= 15 is 0 Å². The van der Waals surface area contributed by atoms with E-state index in [1.54, 1.807) is 18.5 Å². The van der Waals surface area contributed by atoms with Crippen molar-refractivity contribution in [2.24, 2.45) is 5.41 Å². The Labute approximate surface area is 245 Å². The number of likely N-dealkylation sites (N-methyl/N-ethyl adjacent to an activating group) is 1. The van der Waals surface area contributed by atoms with Gasteiger partial charge in [0.05, 0.1) is 11.7 Å². The highest BCUT2D eigenvalue weighted by Gasteiger charge is 2.62. The summed E-state index contributed by atoms with van der Waals surface area (Å²) in [5, 5.41) is 6.49. The molecule has 4 heterocycles. The lowest BCUT2D eigenvalue weighted by Gasteiger charge is -2.47. The molecule has 0 aromatic carbocycles. The topological polar surface area (TPSA) is 90.0 Å². The monoisotopic (exact) mass is 590 g/mol. The highest BCUT2D eigenvalue weighted by Crippen LogP contribution is 2.52. The fraction of sp³-hybridized carbons (Fsp3) is 0.633. The molecule has 3 aliphatic heterocycles. The molecule has 0 bridgehead atoms. The number of allylic oxidation sites excluding steroid dienone is 1. The van der Waals surface area contributed by atoms with E-state index in [0.717, 1.165) is 18.7 Å². The normalized spacial score (nSPS) is 26.7. The van der Waals surface area contributed by atoms with Gasteiger partial charge in [-0.15, -0.1) is 0 Å². The van der Waals surface area contributed by atoms with Gasteiger partial charge in [0, 0.05) is 63.3 Å². The molecule has 42 heavy (non-hydrogen) atoms. The van der Waals surface area contributed by atoms with Crippen molar-refractivity contribution in [2.45, 2.75) is 69.9 Å². The maximum Gasteiger partial charge on any atom is 0.403 e. The number of hydrogen-bond acceptors (Lipinski definition) is 7. The summed E-state index contributed by atoms with van der Waals surface area (Å²) in [6.07, 6.45) is 3.57. The van der Waals surface area contributed by atoms with Gasteiger partial charge in [0.25, 0.3) is 5.91 Å². The Morgan fingerprint density at radius 1 is 1.17 bits per heavy atom. The molecule has 1 aliphatic carbocycles. The van der Waals surface area contributed by atoms with Crippen LogP contribution in [-0.2, 0) is 20.1 Å². The van der Waals surface area contributed by atoms with Crippen LogP contribution in [0.25, 0.3) is 0 Å². The van der Waals surface area contributed by atoms with E-state index in [1.807, 2.05) is 44.0 Å². The number of hydrogen-bond donors (Lipinski definition) is 2. The van der Waals surface area contributed by atoms with Gasteiger partial charge in [-0.2, -0.15) is 13.2 Å². The maximum absolute atomic E-state index is 14.2. The van der Waals surface area contributed by atoms with Crippen molar-refractivity contribution < 1.29 is 27.5 Å². The zero-order valence-electron chi connectivity index (χ0n) is 24.5. The molecule has 4 aliphatic rings. The number of rotatable bonds is 8. The Balaban J connectivity index is 1.45. The minimum absolute atomic E-state index is 0.00486. The summed E-state index contributed by atoms with van der Waals surface area (Å²) in [4.78, 5) is 37.0. The molecular formula is C30H41F3N6O3. The molecule has 0 radical (unpaired) electrons. The van der Waals surface area contributed by atoms with Crippen molar-refractivity contribution in [3.63, 3.8) is 0 Å². The van der Waals surface area contributed by atoms with Gasteiger partial charge in [-0.25, -0.2) is 0 Å². The number of dihydropyridines is 1. The van der Waals surface area contributed by atoms with Crippen LogP contribution in [0, 0.1) is 5.41 Å². The molecule has 9 nitrogen and oxygen atoms in total. The number of piperazine rings is 1. The Morgan fingerprint density at radius 3 is 2.50 bits per heavy atom. The fourth-order valence-corrected chi connectivity index (χ4v) is 6.78. The predicted octanol–water partition coefficient (Wildman–Crippen LogP) is 3.12. The second kappa shape index (κ2) is 11.9. The van der Waals surface area contributed by atoms with Crippen molar-refractivity contribution in [2.75, 3.05) is 46.4 Å². The smallest absolute Gasteiger partial charge is 0.363 e. The number of halogens is 3. The third kappa shape index (κ3) is 5.50. The van der Waals surface area contributed by atoms with Crippen molar-refractivity contribution in [1.29, 1.82) is 0 Å². The van der Waals surface area contributed by atoms with Crippen molar-refractivity contribution in [3.05, 3.63) is 53.6 Å². The van der Waals surface area contributed by atoms with Gasteiger partial charge in [0.1, 0.15) is 11.1 Å². The van der Waals surface area contributed by atoms with Gasteiger partial charge in [-0.05, 0) is 51.5 Å². The summed E-state index contributed by atoms with van der Waals surface area (Å²) in [6, 6.07) is 3.41. The van der Waals surface area contributed by atoms with E-state index < -0.39 is 23.2 Å². The molecular weight excluding hydrogens is 549 g/mol. The van der Waals surface area contributed by atoms with E-state index in [4.69, 9.17) is 4.74 Å². The number of aromatic nitrogens is 1. The van der Waals surface area contributed by atoms with E-state index in [1.165, 1.54) is 4.90 Å². The molecule has 5 rings (SSSR count). The summed E-state index contributed by atoms with van der Waals surface area (Å²) in [6.45, 7) is 6.27. The van der Waals surface area contributed by atoms with Crippen LogP contribution in [0.4, 0.5) is 13.2 Å². The number of carbonyl (C=O) groups excluding carboxylic acids is 2. The number of carbonyl (C=O) groups is 2. The average Bonchev–Trinajstić information content (AvgIpc) is 3.48. The van der Waals surface area contributed by atoms with E-state index in [0.29, 0.717) is 43.8 Å². The number of ether oxygens (including phenoxy) is 1. The minimum Gasteiger partial charge on any atom is -0.363 e. The van der Waals surface area contributed by atoms with Crippen LogP contribution >= 0.6 is 0 Å². The first-order valence-electron chi connectivity index (χ1n) is 14.9. The quantitative estimate of drug-likeness (QED) is 0.481. The second-order valence-electron chi connectivity index (χ2n) is 11.8. The van der Waals surface area contributed by atoms with Crippen LogP contribution in [-0.4, -0.2) is 96.1 Å². The molecule has 230 valence electrons. The van der Waals surface area contributed by atoms with E-state index in [2.05, 4.69) is 20.5 Å². The lowest BCUT2D eigenvalue weighted by molar-refractivity contribution is -0.226. The molecule has 2 saturated heterocycles. The summed E-state index contributed by atoms with van der Waals surface area (Å²) in [7, 11) is 1.98. The number of likely N-dealkylation sites (tertiary alicyclic amines) is 1. The van der Waals surface area contributed by atoms with Crippen molar-refractivity contribution >= 4 is 11.8 Å². The SMILES string of the molecule is CCOC1(c2cccnc2)C=CC(N2CCN(C(=O)C3(C(F)(F)F)CCCC3)C[C@H]2CC)=C(C(=O)NC2CN(C)C2)N1. The van der Waals surface area contributed by atoms with E-state index in [-0.39, 0.29) is 43.9 Å². The molecule has 2 amide bonds. The molecule has 1 aromatic rings. The lowest BCUT2D eigenvalue weighted by atomic mass is 9.83. The van der Waals surface area contributed by atoms with Crippen molar-refractivity contribution in [1.82, 2.24) is 30.3 Å². The summed E-state index contributed by atoms with van der Waals surface area (Å²) < 4.78 is 48.8. The van der Waals surface area contributed by atoms with Crippen LogP contribution in [0.2, 0.25) is 0 Å². The number of nitrogens with one attached hydrogen (secondary N) is 2. The van der Waals surface area contributed by atoms with Gasteiger partial charge < -0.3 is 30.1 Å². The molecule has 12 heteroatoms. The molecule has 2 atom stereocenters. The largest absolute Gasteiger partial charge is 0.403 e. The first-order chi connectivity index (χ1) is 20.0. The number of pyridine rings is 1. The number of alkyl halides is 3. The zero-order chi connectivity index (χ0) is 30.1.